The SMILES string of the molecule is CC(=O)N1c2ccc(C3NNC(C)S3)cc2N(C(=O)C2CCCO2)C[C@@H]1C. The first-order valence-corrected chi connectivity index (χ1v) is 10.4. The first kappa shape index (κ1) is 18.7. The molecule has 0 aromatic heterocycles. The average Bonchev–Trinajstić information content (AvgIpc) is 3.31. The van der Waals surface area contributed by atoms with Crippen LogP contribution >= 0.6 is 11.8 Å². The highest BCUT2D eigenvalue weighted by Gasteiger charge is 2.38. The van der Waals surface area contributed by atoms with Crippen molar-refractivity contribution in [2.24, 2.45) is 0 Å². The number of hydrogen-bond donors (Lipinski definition) is 2. The lowest BCUT2D eigenvalue weighted by atomic mass is 10.0. The Morgan fingerprint density at radius 2 is 2.04 bits per heavy atom. The van der Waals surface area contributed by atoms with Crippen molar-refractivity contribution in [3.8, 4) is 0 Å². The van der Waals surface area contributed by atoms with Gasteiger partial charge in [-0.15, -0.1) is 11.8 Å². The van der Waals surface area contributed by atoms with Gasteiger partial charge in [-0.25, -0.2) is 10.9 Å². The maximum Gasteiger partial charge on any atom is 0.256 e. The van der Waals surface area contributed by atoms with Crippen molar-refractivity contribution in [1.82, 2.24) is 10.9 Å². The minimum Gasteiger partial charge on any atom is -0.368 e. The van der Waals surface area contributed by atoms with Crippen LogP contribution in [0, 0.1) is 0 Å². The van der Waals surface area contributed by atoms with Gasteiger partial charge < -0.3 is 14.5 Å². The van der Waals surface area contributed by atoms with Crippen LogP contribution in [0.1, 0.15) is 44.6 Å². The maximum absolute atomic E-state index is 13.1. The summed E-state index contributed by atoms with van der Waals surface area (Å²) in [5.74, 6) is -0.0103. The molecular weight excluding hydrogens is 364 g/mol. The summed E-state index contributed by atoms with van der Waals surface area (Å²) >= 11 is 1.78. The fourth-order valence-electron chi connectivity index (χ4n) is 4.07. The van der Waals surface area contributed by atoms with Gasteiger partial charge >= 0.3 is 0 Å². The molecule has 1 aromatic rings. The van der Waals surface area contributed by atoms with Crippen molar-refractivity contribution in [1.29, 1.82) is 0 Å². The van der Waals surface area contributed by atoms with E-state index in [1.165, 1.54) is 0 Å². The van der Waals surface area contributed by atoms with Crippen molar-refractivity contribution in [2.75, 3.05) is 23.0 Å². The quantitative estimate of drug-likeness (QED) is 0.806. The van der Waals surface area contributed by atoms with Crippen molar-refractivity contribution >= 4 is 35.0 Å². The lowest BCUT2D eigenvalue weighted by molar-refractivity contribution is -0.127. The number of nitrogens with zero attached hydrogens (tertiary/aromatic N) is 2. The number of thioether (sulfide) groups is 1. The number of ether oxygens (including phenoxy) is 1. The summed E-state index contributed by atoms with van der Waals surface area (Å²) in [6.07, 6.45) is 1.30. The lowest BCUT2D eigenvalue weighted by Gasteiger charge is -2.41. The molecule has 2 fully saturated rings. The van der Waals surface area contributed by atoms with E-state index in [9.17, 15) is 9.59 Å². The van der Waals surface area contributed by atoms with Crippen LogP contribution in [0.5, 0.6) is 0 Å². The van der Waals surface area contributed by atoms with Crippen LogP contribution in [0.25, 0.3) is 0 Å². The summed E-state index contributed by atoms with van der Waals surface area (Å²) in [5.41, 5.74) is 9.15. The number of benzene rings is 1. The van der Waals surface area contributed by atoms with Crippen molar-refractivity contribution < 1.29 is 14.3 Å². The number of carbonyl (C=O) groups is 2. The molecule has 7 nitrogen and oxygen atoms in total. The van der Waals surface area contributed by atoms with E-state index in [4.69, 9.17) is 4.74 Å². The minimum absolute atomic E-state index is 0.000482. The maximum atomic E-state index is 13.1. The normalized spacial score (nSPS) is 30.5. The van der Waals surface area contributed by atoms with Gasteiger partial charge in [0, 0.05) is 20.1 Å². The Morgan fingerprint density at radius 3 is 2.67 bits per heavy atom. The summed E-state index contributed by atoms with van der Waals surface area (Å²) in [4.78, 5) is 29.0. The Bertz CT molecular complexity index is 752. The highest BCUT2D eigenvalue weighted by molar-refractivity contribution is 8.00. The van der Waals surface area contributed by atoms with Crippen LogP contribution in [0.15, 0.2) is 18.2 Å². The van der Waals surface area contributed by atoms with Crippen LogP contribution in [-0.2, 0) is 14.3 Å². The summed E-state index contributed by atoms with van der Waals surface area (Å²) in [6, 6.07) is 5.95. The molecule has 3 unspecified atom stereocenters. The summed E-state index contributed by atoms with van der Waals surface area (Å²) in [7, 11) is 0. The van der Waals surface area contributed by atoms with Gasteiger partial charge in [0.15, 0.2) is 0 Å². The first-order valence-electron chi connectivity index (χ1n) is 9.49. The van der Waals surface area contributed by atoms with Gasteiger partial charge in [0.25, 0.3) is 5.91 Å². The highest BCUT2D eigenvalue weighted by Crippen LogP contribution is 2.41. The van der Waals surface area contributed by atoms with Gasteiger partial charge in [0.05, 0.1) is 28.2 Å². The van der Waals surface area contributed by atoms with Crippen LogP contribution < -0.4 is 20.7 Å². The van der Waals surface area contributed by atoms with E-state index in [0.29, 0.717) is 18.5 Å². The molecule has 0 spiro atoms. The number of rotatable bonds is 2. The Balaban J connectivity index is 1.73. The number of hydrazine groups is 1. The second-order valence-corrected chi connectivity index (χ2v) is 8.83. The van der Waals surface area contributed by atoms with E-state index >= 15 is 0 Å². The molecule has 4 atom stereocenters. The average molecular weight is 391 g/mol. The van der Waals surface area contributed by atoms with Crippen LogP contribution in [-0.4, -0.2) is 42.5 Å². The molecule has 3 aliphatic rings. The van der Waals surface area contributed by atoms with Gasteiger partial charge in [-0.2, -0.15) is 0 Å². The Morgan fingerprint density at radius 1 is 1.22 bits per heavy atom. The van der Waals surface area contributed by atoms with Crippen LogP contribution in [0.4, 0.5) is 11.4 Å². The molecule has 27 heavy (non-hydrogen) atoms. The van der Waals surface area contributed by atoms with Crippen molar-refractivity contribution in [3.05, 3.63) is 23.8 Å². The number of carbonyl (C=O) groups excluding carboxylic acids is 2. The zero-order valence-electron chi connectivity index (χ0n) is 15.9. The van der Waals surface area contributed by atoms with Crippen molar-refractivity contribution in [3.63, 3.8) is 0 Å². The van der Waals surface area contributed by atoms with E-state index in [-0.39, 0.29) is 29.3 Å². The number of anilines is 2. The molecule has 0 radical (unpaired) electrons. The third-order valence-corrected chi connectivity index (χ3v) is 6.50. The Hall–Kier alpha value is -1.61. The molecular formula is C19H26N4O3S. The fraction of sp³-hybridized carbons (Fsp3) is 0.579. The molecule has 2 N–H and O–H groups in total. The predicted molar refractivity (Wildman–Crippen MR) is 106 cm³/mol. The van der Waals surface area contributed by atoms with E-state index in [2.05, 4.69) is 17.8 Å². The van der Waals surface area contributed by atoms with Crippen molar-refractivity contribution in [2.45, 2.75) is 56.5 Å². The number of nitrogens with one attached hydrogen (secondary N) is 2. The summed E-state index contributed by atoms with van der Waals surface area (Å²) in [5, 5.41) is 0.416. The molecule has 8 heteroatoms. The number of hydrogen-bond acceptors (Lipinski definition) is 6. The third-order valence-electron chi connectivity index (χ3n) is 5.31. The molecule has 2 amide bonds. The van der Waals surface area contributed by atoms with Gasteiger partial charge in [-0.3, -0.25) is 9.59 Å². The molecule has 146 valence electrons. The summed E-state index contributed by atoms with van der Waals surface area (Å²) < 4.78 is 5.64. The molecule has 2 saturated heterocycles. The van der Waals surface area contributed by atoms with Gasteiger partial charge in [0.1, 0.15) is 6.10 Å². The summed E-state index contributed by atoms with van der Waals surface area (Å²) in [6.45, 7) is 6.77. The molecule has 0 bridgehead atoms. The second kappa shape index (κ2) is 7.43. The largest absolute Gasteiger partial charge is 0.368 e. The van der Waals surface area contributed by atoms with E-state index in [1.807, 2.05) is 30.0 Å². The van der Waals surface area contributed by atoms with E-state index in [0.717, 1.165) is 29.8 Å². The predicted octanol–water partition coefficient (Wildman–Crippen LogP) is 2.14. The monoisotopic (exact) mass is 390 g/mol. The highest BCUT2D eigenvalue weighted by atomic mass is 32.2. The molecule has 1 aromatic carbocycles. The number of amides is 2. The molecule has 0 aliphatic carbocycles. The van der Waals surface area contributed by atoms with Gasteiger partial charge in [-0.05, 0) is 44.4 Å². The second-order valence-electron chi connectivity index (χ2n) is 7.38. The van der Waals surface area contributed by atoms with Gasteiger partial charge in [-0.1, -0.05) is 6.07 Å². The van der Waals surface area contributed by atoms with Crippen LogP contribution in [0.2, 0.25) is 0 Å². The smallest absolute Gasteiger partial charge is 0.256 e. The Kier molecular flexibility index (Phi) is 5.15. The van der Waals surface area contributed by atoms with E-state index < -0.39 is 0 Å². The molecule has 3 aliphatic heterocycles. The third kappa shape index (κ3) is 3.47. The standard InChI is InChI=1S/C19H26N4O3S/c1-11-10-22(19(25)17-5-4-8-26-17)16-9-14(18-21-20-12(2)27-18)6-7-15(16)23(11)13(3)24/h6-7,9,11-12,17-18,20-21H,4-5,8,10H2,1-3H3/t11-,12?,17?,18?/m0/s1. The lowest BCUT2D eigenvalue weighted by Crippen LogP contribution is -2.53. The zero-order valence-corrected chi connectivity index (χ0v) is 16.7. The minimum atomic E-state index is -0.377. The van der Waals surface area contributed by atoms with Crippen LogP contribution in [0.3, 0.4) is 0 Å². The topological polar surface area (TPSA) is 73.9 Å². The first-order chi connectivity index (χ1) is 13.0. The molecule has 0 saturated carbocycles. The fourth-order valence-corrected chi connectivity index (χ4v) is 5.05. The Labute approximate surface area is 163 Å². The molecule has 4 rings (SSSR count). The number of fused-ring (bicyclic) bond motifs is 1. The zero-order chi connectivity index (χ0) is 19.1. The van der Waals surface area contributed by atoms with Gasteiger partial charge in [0.2, 0.25) is 5.91 Å². The molecule has 3 heterocycles. The van der Waals surface area contributed by atoms with E-state index in [1.54, 1.807) is 23.6 Å².